The van der Waals surface area contributed by atoms with Gasteiger partial charge in [-0.2, -0.15) is 0 Å². The third kappa shape index (κ3) is 3.03. The van der Waals surface area contributed by atoms with Crippen LogP contribution >= 0.6 is 0 Å². The summed E-state index contributed by atoms with van der Waals surface area (Å²) in [6, 6.07) is 8.08. The molecular formula is C17H15F2N3. The molecule has 3 aromatic rings. The first-order chi connectivity index (χ1) is 10.8. The van der Waals surface area contributed by atoms with Crippen molar-refractivity contribution in [3.63, 3.8) is 0 Å². The second kappa shape index (κ2) is 6.47. The van der Waals surface area contributed by atoms with Gasteiger partial charge in [0.1, 0.15) is 5.82 Å². The van der Waals surface area contributed by atoms with E-state index in [1.54, 1.807) is 30.9 Å². The zero-order valence-electron chi connectivity index (χ0n) is 11.9. The van der Waals surface area contributed by atoms with Crippen molar-refractivity contribution in [2.24, 2.45) is 0 Å². The highest BCUT2D eigenvalue weighted by Crippen LogP contribution is 2.23. The van der Waals surface area contributed by atoms with Gasteiger partial charge in [-0.05, 0) is 42.7 Å². The first kappa shape index (κ1) is 14.4. The largest absolute Gasteiger partial charge is 0.331 e. The van der Waals surface area contributed by atoms with Crippen LogP contribution in [-0.4, -0.2) is 14.5 Å². The number of pyridine rings is 1. The van der Waals surface area contributed by atoms with Crippen LogP contribution in [-0.2, 0) is 13.0 Å². The summed E-state index contributed by atoms with van der Waals surface area (Å²) < 4.78 is 29.1. The van der Waals surface area contributed by atoms with E-state index in [0.717, 1.165) is 18.9 Å². The zero-order chi connectivity index (χ0) is 15.4. The monoisotopic (exact) mass is 299 g/mol. The molecule has 2 heterocycles. The van der Waals surface area contributed by atoms with Crippen LogP contribution in [0.1, 0.15) is 12.0 Å². The van der Waals surface area contributed by atoms with E-state index in [1.807, 2.05) is 16.7 Å². The molecular weight excluding hydrogens is 284 g/mol. The smallest absolute Gasteiger partial charge is 0.169 e. The SMILES string of the molecule is Fc1cccc(-c2nccn2CCCc2ccncc2)c1F. The Morgan fingerprint density at radius 1 is 1.00 bits per heavy atom. The molecule has 0 atom stereocenters. The highest BCUT2D eigenvalue weighted by Gasteiger charge is 2.14. The Kier molecular flexibility index (Phi) is 4.23. The van der Waals surface area contributed by atoms with Gasteiger partial charge < -0.3 is 4.57 Å². The Hall–Kier alpha value is -2.56. The lowest BCUT2D eigenvalue weighted by atomic mass is 10.1. The summed E-state index contributed by atoms with van der Waals surface area (Å²) in [4.78, 5) is 8.14. The Balaban J connectivity index is 1.74. The van der Waals surface area contributed by atoms with Crippen LogP contribution < -0.4 is 0 Å². The lowest BCUT2D eigenvalue weighted by molar-refractivity contribution is 0.509. The minimum atomic E-state index is -0.858. The normalized spacial score (nSPS) is 10.8. The van der Waals surface area contributed by atoms with Crippen LogP contribution in [0.15, 0.2) is 55.1 Å². The maximum Gasteiger partial charge on any atom is 0.169 e. The van der Waals surface area contributed by atoms with E-state index < -0.39 is 11.6 Å². The van der Waals surface area contributed by atoms with Crippen molar-refractivity contribution in [2.45, 2.75) is 19.4 Å². The molecule has 0 fully saturated rings. The van der Waals surface area contributed by atoms with E-state index in [-0.39, 0.29) is 5.56 Å². The van der Waals surface area contributed by atoms with E-state index in [1.165, 1.54) is 11.6 Å². The zero-order valence-corrected chi connectivity index (χ0v) is 11.9. The molecule has 3 rings (SSSR count). The molecule has 0 radical (unpaired) electrons. The minimum absolute atomic E-state index is 0.189. The van der Waals surface area contributed by atoms with E-state index in [9.17, 15) is 8.78 Å². The van der Waals surface area contributed by atoms with Gasteiger partial charge in [0.15, 0.2) is 11.6 Å². The number of rotatable bonds is 5. The van der Waals surface area contributed by atoms with Crippen molar-refractivity contribution in [3.8, 4) is 11.4 Å². The second-order valence-corrected chi connectivity index (χ2v) is 5.00. The summed E-state index contributed by atoms with van der Waals surface area (Å²) in [5.74, 6) is -1.26. The summed E-state index contributed by atoms with van der Waals surface area (Å²) in [5, 5.41) is 0. The molecule has 5 heteroatoms. The van der Waals surface area contributed by atoms with Crippen LogP contribution in [0.2, 0.25) is 0 Å². The van der Waals surface area contributed by atoms with Crippen LogP contribution in [0, 0.1) is 11.6 Å². The molecule has 0 spiro atoms. The van der Waals surface area contributed by atoms with Crippen LogP contribution in [0.4, 0.5) is 8.78 Å². The van der Waals surface area contributed by atoms with Crippen molar-refractivity contribution in [1.82, 2.24) is 14.5 Å². The number of hydrogen-bond acceptors (Lipinski definition) is 2. The lowest BCUT2D eigenvalue weighted by Crippen LogP contribution is -2.03. The highest BCUT2D eigenvalue weighted by atomic mass is 19.2. The first-order valence-electron chi connectivity index (χ1n) is 7.10. The van der Waals surface area contributed by atoms with E-state index in [4.69, 9.17) is 0 Å². The number of imidazole rings is 1. The maximum absolute atomic E-state index is 13.9. The Labute approximate surface area is 127 Å². The molecule has 0 aliphatic carbocycles. The highest BCUT2D eigenvalue weighted by molar-refractivity contribution is 5.56. The number of aryl methyl sites for hydroxylation is 2. The molecule has 112 valence electrons. The molecule has 1 aromatic carbocycles. The van der Waals surface area contributed by atoms with Gasteiger partial charge in [-0.25, -0.2) is 13.8 Å². The molecule has 0 amide bonds. The summed E-state index contributed by atoms with van der Waals surface area (Å²) in [7, 11) is 0. The predicted molar refractivity (Wildman–Crippen MR) is 80.1 cm³/mol. The molecule has 3 nitrogen and oxygen atoms in total. The number of nitrogens with zero attached hydrogens (tertiary/aromatic N) is 3. The predicted octanol–water partition coefficient (Wildman–Crippen LogP) is 3.86. The first-order valence-corrected chi connectivity index (χ1v) is 7.10. The maximum atomic E-state index is 13.9. The summed E-state index contributed by atoms with van der Waals surface area (Å²) in [5.41, 5.74) is 1.39. The average Bonchev–Trinajstić information content (AvgIpc) is 2.99. The standard InChI is InChI=1S/C17H15F2N3/c18-15-5-1-4-14(16(15)19)17-21-10-12-22(17)11-2-3-13-6-8-20-9-7-13/h1,4-10,12H,2-3,11H2. The van der Waals surface area contributed by atoms with Gasteiger partial charge in [0.05, 0.1) is 5.56 Å². The number of halogens is 2. The molecule has 0 saturated heterocycles. The van der Waals surface area contributed by atoms with Crippen molar-refractivity contribution < 1.29 is 8.78 Å². The van der Waals surface area contributed by atoms with Gasteiger partial charge >= 0.3 is 0 Å². The number of hydrogen-bond donors (Lipinski definition) is 0. The van der Waals surface area contributed by atoms with Gasteiger partial charge in [0, 0.05) is 31.3 Å². The van der Waals surface area contributed by atoms with Crippen molar-refractivity contribution in [3.05, 3.63) is 72.3 Å². The quantitative estimate of drug-likeness (QED) is 0.716. The topological polar surface area (TPSA) is 30.7 Å². The van der Waals surface area contributed by atoms with E-state index in [0.29, 0.717) is 12.4 Å². The summed E-state index contributed by atoms with van der Waals surface area (Å²) in [6.45, 7) is 0.688. The number of benzene rings is 1. The fraction of sp³-hybridized carbons (Fsp3) is 0.176. The molecule has 0 aliphatic rings. The second-order valence-electron chi connectivity index (χ2n) is 5.00. The Bertz CT molecular complexity index is 754. The van der Waals surface area contributed by atoms with Gasteiger partial charge in [-0.3, -0.25) is 4.98 Å². The fourth-order valence-electron chi connectivity index (χ4n) is 2.41. The molecule has 2 aromatic heterocycles. The van der Waals surface area contributed by atoms with Gasteiger partial charge in [-0.1, -0.05) is 6.07 Å². The third-order valence-corrected chi connectivity index (χ3v) is 3.52. The van der Waals surface area contributed by atoms with Crippen LogP contribution in [0.3, 0.4) is 0 Å². The van der Waals surface area contributed by atoms with Crippen molar-refractivity contribution in [1.29, 1.82) is 0 Å². The fourth-order valence-corrected chi connectivity index (χ4v) is 2.41. The van der Waals surface area contributed by atoms with Crippen molar-refractivity contribution >= 4 is 0 Å². The van der Waals surface area contributed by atoms with Crippen molar-refractivity contribution in [2.75, 3.05) is 0 Å². The molecule has 0 N–H and O–H groups in total. The Morgan fingerprint density at radius 3 is 2.64 bits per heavy atom. The third-order valence-electron chi connectivity index (χ3n) is 3.52. The summed E-state index contributed by atoms with van der Waals surface area (Å²) >= 11 is 0. The van der Waals surface area contributed by atoms with Gasteiger partial charge in [0.25, 0.3) is 0 Å². The molecule has 0 unspecified atom stereocenters. The number of aromatic nitrogens is 3. The average molecular weight is 299 g/mol. The molecule has 0 bridgehead atoms. The molecule has 0 saturated carbocycles. The van der Waals surface area contributed by atoms with E-state index >= 15 is 0 Å². The summed E-state index contributed by atoms with van der Waals surface area (Å²) in [6.07, 6.45) is 8.69. The molecule has 22 heavy (non-hydrogen) atoms. The van der Waals surface area contributed by atoms with Crippen LogP contribution in [0.5, 0.6) is 0 Å². The Morgan fingerprint density at radius 2 is 1.82 bits per heavy atom. The van der Waals surface area contributed by atoms with Gasteiger partial charge in [-0.15, -0.1) is 0 Å². The molecule has 0 aliphatic heterocycles. The lowest BCUT2D eigenvalue weighted by Gasteiger charge is -2.09. The van der Waals surface area contributed by atoms with Crippen LogP contribution in [0.25, 0.3) is 11.4 Å². The minimum Gasteiger partial charge on any atom is -0.331 e. The van der Waals surface area contributed by atoms with Gasteiger partial charge in [0.2, 0.25) is 0 Å². The van der Waals surface area contributed by atoms with E-state index in [2.05, 4.69) is 9.97 Å².